The molecule has 1 aromatic heterocycles. The van der Waals surface area contributed by atoms with Gasteiger partial charge in [0.2, 0.25) is 17.8 Å². The number of piperidine rings is 1. The minimum atomic E-state index is -0.308. The molecule has 2 saturated heterocycles. The average molecular weight is 347 g/mol. The van der Waals surface area contributed by atoms with Gasteiger partial charge in [0.25, 0.3) is 0 Å². The first-order valence-electron chi connectivity index (χ1n) is 8.65. The highest BCUT2D eigenvalue weighted by molar-refractivity contribution is 5.83. The van der Waals surface area contributed by atoms with E-state index in [1.165, 1.54) is 6.92 Å². The number of carbonyl (C=O) groups is 2. The minimum Gasteiger partial charge on any atom is -0.371 e. The molecule has 2 fully saturated rings. The van der Waals surface area contributed by atoms with Gasteiger partial charge in [-0.05, 0) is 18.9 Å². The Balaban J connectivity index is 1.61. The van der Waals surface area contributed by atoms with E-state index in [1.807, 2.05) is 11.9 Å². The summed E-state index contributed by atoms with van der Waals surface area (Å²) in [5, 5.41) is 2.57. The number of likely N-dealkylation sites (N-methyl/N-ethyl adjacent to an activating group) is 1. The lowest BCUT2D eigenvalue weighted by molar-refractivity contribution is -0.139. The summed E-state index contributed by atoms with van der Waals surface area (Å²) in [7, 11) is 1.98. The Hall–Kier alpha value is -2.22. The molecule has 2 amide bonds. The predicted molar refractivity (Wildman–Crippen MR) is 92.0 cm³/mol. The van der Waals surface area contributed by atoms with Crippen LogP contribution in [0.5, 0.6) is 0 Å². The van der Waals surface area contributed by atoms with E-state index in [-0.39, 0.29) is 30.0 Å². The lowest BCUT2D eigenvalue weighted by Crippen LogP contribution is -2.52. The van der Waals surface area contributed by atoms with E-state index in [9.17, 15) is 9.59 Å². The molecule has 1 N–H and O–H groups in total. The van der Waals surface area contributed by atoms with Gasteiger partial charge in [0, 0.05) is 45.9 Å². The Morgan fingerprint density at radius 1 is 1.44 bits per heavy atom. The molecule has 1 spiro atoms. The van der Waals surface area contributed by atoms with Crippen molar-refractivity contribution in [3.63, 3.8) is 0 Å². The second-order valence-corrected chi connectivity index (χ2v) is 6.84. The topological polar surface area (TPSA) is 87.7 Å². The van der Waals surface area contributed by atoms with Crippen molar-refractivity contribution in [2.75, 3.05) is 38.2 Å². The molecule has 8 heteroatoms. The summed E-state index contributed by atoms with van der Waals surface area (Å²) in [6.45, 7) is 3.35. The molecule has 136 valence electrons. The number of carbonyl (C=O) groups excluding carboxylic acids is 2. The number of ether oxygens (including phenoxy) is 1. The van der Waals surface area contributed by atoms with Gasteiger partial charge >= 0.3 is 0 Å². The van der Waals surface area contributed by atoms with E-state index in [2.05, 4.69) is 15.3 Å². The molecule has 3 rings (SSSR count). The van der Waals surface area contributed by atoms with Gasteiger partial charge in [0.05, 0.1) is 24.8 Å². The molecule has 2 aliphatic heterocycles. The van der Waals surface area contributed by atoms with Gasteiger partial charge in [-0.3, -0.25) is 9.59 Å². The first-order chi connectivity index (χ1) is 12.0. The Labute approximate surface area is 147 Å². The van der Waals surface area contributed by atoms with E-state index in [4.69, 9.17) is 4.74 Å². The van der Waals surface area contributed by atoms with Crippen LogP contribution in [0.25, 0.3) is 0 Å². The number of rotatable bonds is 4. The zero-order valence-electron chi connectivity index (χ0n) is 14.8. The van der Waals surface area contributed by atoms with Crippen LogP contribution in [0, 0.1) is 0 Å². The number of hydrogen-bond donors (Lipinski definition) is 1. The van der Waals surface area contributed by atoms with Crippen LogP contribution in [0.4, 0.5) is 5.95 Å². The van der Waals surface area contributed by atoms with E-state index < -0.39 is 0 Å². The third-order valence-corrected chi connectivity index (χ3v) is 4.99. The van der Waals surface area contributed by atoms with Crippen molar-refractivity contribution in [1.29, 1.82) is 0 Å². The van der Waals surface area contributed by atoms with E-state index in [1.54, 1.807) is 23.4 Å². The molecule has 25 heavy (non-hydrogen) atoms. The van der Waals surface area contributed by atoms with Crippen LogP contribution < -0.4 is 10.2 Å². The zero-order valence-corrected chi connectivity index (χ0v) is 14.8. The molecule has 0 aliphatic carbocycles. The highest BCUT2D eigenvalue weighted by Gasteiger charge is 2.45. The summed E-state index contributed by atoms with van der Waals surface area (Å²) in [5.74, 6) is 0.436. The lowest BCUT2D eigenvalue weighted by atomic mass is 9.88. The number of nitrogens with one attached hydrogen (secondary N) is 1. The van der Waals surface area contributed by atoms with Crippen LogP contribution >= 0.6 is 0 Å². The molecule has 2 unspecified atom stereocenters. The van der Waals surface area contributed by atoms with Gasteiger partial charge in [-0.2, -0.15) is 0 Å². The Morgan fingerprint density at radius 2 is 2.20 bits per heavy atom. The summed E-state index contributed by atoms with van der Waals surface area (Å²) in [5.41, 5.74) is -0.308. The maximum atomic E-state index is 12.3. The van der Waals surface area contributed by atoms with Crippen LogP contribution in [-0.4, -0.2) is 71.6 Å². The summed E-state index contributed by atoms with van der Waals surface area (Å²) in [6.07, 6.45) is 6.15. The molecule has 8 nitrogen and oxygen atoms in total. The van der Waals surface area contributed by atoms with E-state index in [0.717, 1.165) is 19.3 Å². The molecule has 0 aromatic carbocycles. The number of hydrogen-bond acceptors (Lipinski definition) is 6. The van der Waals surface area contributed by atoms with Crippen LogP contribution in [0.15, 0.2) is 18.5 Å². The lowest BCUT2D eigenvalue weighted by Gasteiger charge is -2.40. The quantitative estimate of drug-likeness (QED) is 0.837. The van der Waals surface area contributed by atoms with Gasteiger partial charge in [-0.15, -0.1) is 0 Å². The van der Waals surface area contributed by atoms with Crippen molar-refractivity contribution in [3.8, 4) is 0 Å². The Kier molecular flexibility index (Phi) is 5.17. The van der Waals surface area contributed by atoms with Crippen LogP contribution in [0.3, 0.4) is 0 Å². The Bertz CT molecular complexity index is 626. The minimum absolute atomic E-state index is 0.0482. The van der Waals surface area contributed by atoms with Crippen molar-refractivity contribution in [1.82, 2.24) is 20.2 Å². The fourth-order valence-electron chi connectivity index (χ4n) is 3.61. The van der Waals surface area contributed by atoms with Gasteiger partial charge < -0.3 is 19.9 Å². The van der Waals surface area contributed by atoms with E-state index >= 15 is 0 Å². The summed E-state index contributed by atoms with van der Waals surface area (Å²) < 4.78 is 6.16. The molecular formula is C17H25N5O3. The first-order valence-corrected chi connectivity index (χ1v) is 8.65. The number of aromatic nitrogens is 2. The van der Waals surface area contributed by atoms with Crippen molar-refractivity contribution in [2.24, 2.45) is 0 Å². The fourth-order valence-corrected chi connectivity index (χ4v) is 3.61. The zero-order chi connectivity index (χ0) is 17.9. The fraction of sp³-hybridized carbons (Fsp3) is 0.647. The summed E-state index contributed by atoms with van der Waals surface area (Å²) in [4.78, 5) is 35.8. The smallest absolute Gasteiger partial charge is 0.242 e. The number of nitrogens with zero attached hydrogens (tertiary/aromatic N) is 4. The molecule has 0 radical (unpaired) electrons. The Morgan fingerprint density at radius 3 is 2.92 bits per heavy atom. The molecule has 2 atom stereocenters. The number of anilines is 1. The summed E-state index contributed by atoms with van der Waals surface area (Å²) in [6, 6.07) is 1.98. The van der Waals surface area contributed by atoms with Crippen LogP contribution in [-0.2, 0) is 14.3 Å². The first kappa shape index (κ1) is 17.6. The second kappa shape index (κ2) is 7.35. The maximum Gasteiger partial charge on any atom is 0.242 e. The predicted octanol–water partition coefficient (Wildman–Crippen LogP) is 0.199. The molecular weight excluding hydrogens is 322 g/mol. The highest BCUT2D eigenvalue weighted by Crippen LogP contribution is 2.36. The standard InChI is InChI=1S/C17H25N5O3/c1-13(23)20-10-15(24)22-8-3-5-17(12-22)9-14(11-25-17)21(2)16-18-6-4-7-19-16/h4,6-7,14H,3,5,8-12H2,1-2H3,(H,20,23). The monoisotopic (exact) mass is 347 g/mol. The van der Waals surface area contributed by atoms with Gasteiger partial charge in [0.1, 0.15) is 0 Å². The number of likely N-dealkylation sites (tertiary alicyclic amines) is 1. The average Bonchev–Trinajstić information content (AvgIpc) is 3.03. The van der Waals surface area contributed by atoms with Crippen LogP contribution in [0.1, 0.15) is 26.2 Å². The third-order valence-electron chi connectivity index (χ3n) is 4.99. The van der Waals surface area contributed by atoms with Crippen molar-refractivity contribution in [2.45, 2.75) is 37.8 Å². The molecule has 0 bridgehead atoms. The van der Waals surface area contributed by atoms with Crippen molar-refractivity contribution >= 4 is 17.8 Å². The van der Waals surface area contributed by atoms with Crippen molar-refractivity contribution < 1.29 is 14.3 Å². The number of amides is 2. The maximum absolute atomic E-state index is 12.3. The highest BCUT2D eigenvalue weighted by atomic mass is 16.5. The van der Waals surface area contributed by atoms with Crippen molar-refractivity contribution in [3.05, 3.63) is 18.5 Å². The summed E-state index contributed by atoms with van der Waals surface area (Å²) >= 11 is 0. The largest absolute Gasteiger partial charge is 0.371 e. The van der Waals surface area contributed by atoms with Gasteiger partial charge in [-0.25, -0.2) is 9.97 Å². The normalized spacial score (nSPS) is 25.8. The SMILES string of the molecule is CC(=O)NCC(=O)N1CCCC2(CC(N(C)c3ncccn3)CO2)C1. The molecule has 3 heterocycles. The van der Waals surface area contributed by atoms with E-state index in [0.29, 0.717) is 25.6 Å². The third kappa shape index (κ3) is 4.07. The molecule has 1 aromatic rings. The van der Waals surface area contributed by atoms with Gasteiger partial charge in [-0.1, -0.05) is 0 Å². The molecule has 2 aliphatic rings. The van der Waals surface area contributed by atoms with Gasteiger partial charge in [0.15, 0.2) is 0 Å². The van der Waals surface area contributed by atoms with Crippen LogP contribution in [0.2, 0.25) is 0 Å². The molecule has 0 saturated carbocycles. The second-order valence-electron chi connectivity index (χ2n) is 6.84.